The molecule has 0 unspecified atom stereocenters. The van der Waals surface area contributed by atoms with Gasteiger partial charge in [0.15, 0.2) is 5.79 Å². The van der Waals surface area contributed by atoms with Gasteiger partial charge in [0.2, 0.25) is 5.91 Å². The number of hydrogen-bond acceptors (Lipinski definition) is 4. The van der Waals surface area contributed by atoms with E-state index in [-0.39, 0.29) is 11.8 Å². The Labute approximate surface area is 182 Å². The molecule has 0 aliphatic carbocycles. The second-order valence-corrected chi connectivity index (χ2v) is 8.86. The fourth-order valence-electron chi connectivity index (χ4n) is 3.91. The Morgan fingerprint density at radius 1 is 1.10 bits per heavy atom. The summed E-state index contributed by atoms with van der Waals surface area (Å²) in [7, 11) is 1.66. The Morgan fingerprint density at radius 3 is 2.45 bits per heavy atom. The molecule has 2 aromatic carbocycles. The van der Waals surface area contributed by atoms with Gasteiger partial charge in [0, 0.05) is 29.6 Å². The van der Waals surface area contributed by atoms with Crippen LogP contribution >= 0.6 is 0 Å². The van der Waals surface area contributed by atoms with Crippen molar-refractivity contribution in [3.8, 4) is 5.75 Å². The predicted molar refractivity (Wildman–Crippen MR) is 120 cm³/mol. The van der Waals surface area contributed by atoms with E-state index in [0.717, 1.165) is 27.8 Å². The zero-order chi connectivity index (χ0) is 22.1. The highest BCUT2D eigenvalue weighted by atomic mass is 16.7. The van der Waals surface area contributed by atoms with E-state index < -0.39 is 11.2 Å². The van der Waals surface area contributed by atoms with Gasteiger partial charge >= 0.3 is 0 Å². The lowest BCUT2D eigenvalue weighted by molar-refractivity contribution is -0.277. The zero-order valence-corrected chi connectivity index (χ0v) is 18.5. The molecule has 1 saturated heterocycles. The van der Waals surface area contributed by atoms with E-state index in [2.05, 4.69) is 34.6 Å². The first-order valence-corrected chi connectivity index (χ1v) is 10.6. The van der Waals surface area contributed by atoms with Gasteiger partial charge in [0.1, 0.15) is 5.75 Å². The third-order valence-corrected chi connectivity index (χ3v) is 6.01. The summed E-state index contributed by atoms with van der Waals surface area (Å²) in [5, 5.41) is 4.30. The Balaban J connectivity index is 1.58. The van der Waals surface area contributed by atoms with Crippen LogP contribution in [-0.2, 0) is 14.3 Å². The molecule has 1 atom stereocenters. The molecule has 2 heterocycles. The van der Waals surface area contributed by atoms with Crippen molar-refractivity contribution in [1.82, 2.24) is 10.3 Å². The van der Waals surface area contributed by atoms with Crippen molar-refractivity contribution in [1.29, 1.82) is 0 Å². The maximum atomic E-state index is 13.1. The lowest BCUT2D eigenvalue weighted by Crippen LogP contribution is -2.53. The molecule has 1 aliphatic heterocycles. The summed E-state index contributed by atoms with van der Waals surface area (Å²) < 4.78 is 16.8. The monoisotopic (exact) mass is 422 g/mol. The minimum Gasteiger partial charge on any atom is -0.497 e. The first-order chi connectivity index (χ1) is 14.8. The molecule has 0 bridgehead atoms. The number of rotatable bonds is 6. The number of carbonyl (C=O) groups excluding carboxylic acids is 1. The van der Waals surface area contributed by atoms with Crippen molar-refractivity contribution in [2.75, 3.05) is 26.9 Å². The highest BCUT2D eigenvalue weighted by Crippen LogP contribution is 2.33. The summed E-state index contributed by atoms with van der Waals surface area (Å²) in [6.45, 7) is 6.72. The number of carbonyl (C=O) groups is 1. The molecule has 3 aromatic rings. The minimum absolute atomic E-state index is 0.0172. The van der Waals surface area contributed by atoms with Crippen molar-refractivity contribution in [3.05, 3.63) is 65.9 Å². The summed E-state index contributed by atoms with van der Waals surface area (Å²) in [6, 6.07) is 16.2. The van der Waals surface area contributed by atoms with Gasteiger partial charge in [-0.05, 0) is 50.1 Å². The lowest BCUT2D eigenvalue weighted by atomic mass is 9.88. The Kier molecular flexibility index (Phi) is 5.77. The average molecular weight is 423 g/mol. The summed E-state index contributed by atoms with van der Waals surface area (Å²) >= 11 is 0. The zero-order valence-electron chi connectivity index (χ0n) is 18.5. The minimum atomic E-state index is -0.722. The van der Waals surface area contributed by atoms with Crippen LogP contribution in [0.25, 0.3) is 10.9 Å². The molecule has 4 rings (SSSR count). The van der Waals surface area contributed by atoms with Crippen molar-refractivity contribution in [2.24, 2.45) is 5.41 Å². The second kappa shape index (κ2) is 8.36. The highest BCUT2D eigenvalue weighted by molar-refractivity contribution is 5.85. The van der Waals surface area contributed by atoms with Crippen molar-refractivity contribution >= 4 is 16.8 Å². The van der Waals surface area contributed by atoms with Crippen LogP contribution in [-0.4, -0.2) is 43.5 Å². The van der Waals surface area contributed by atoms with E-state index in [4.69, 9.17) is 14.2 Å². The molecule has 164 valence electrons. The number of fused-ring (bicyclic) bond motifs is 1. The molecule has 0 saturated carbocycles. The molecule has 1 aliphatic rings. The van der Waals surface area contributed by atoms with Gasteiger partial charge in [0.05, 0.1) is 25.7 Å². The number of ether oxygens (including phenoxy) is 3. The topological polar surface area (TPSA) is 72.6 Å². The number of hydrogen-bond donors (Lipinski definition) is 2. The van der Waals surface area contributed by atoms with Gasteiger partial charge in [-0.25, -0.2) is 0 Å². The summed E-state index contributed by atoms with van der Waals surface area (Å²) in [6.07, 6.45) is 2.03. The number of methoxy groups -OCH3 is 1. The quantitative estimate of drug-likeness (QED) is 0.624. The predicted octanol–water partition coefficient (Wildman–Crippen LogP) is 4.21. The fourth-order valence-corrected chi connectivity index (χ4v) is 3.91. The van der Waals surface area contributed by atoms with Crippen LogP contribution < -0.4 is 10.1 Å². The van der Waals surface area contributed by atoms with Crippen molar-refractivity contribution in [2.45, 2.75) is 32.5 Å². The average Bonchev–Trinajstić information content (AvgIpc) is 3.20. The maximum Gasteiger partial charge on any atom is 0.230 e. The number of para-hydroxylation sites is 1. The van der Waals surface area contributed by atoms with Gasteiger partial charge in [0.25, 0.3) is 0 Å². The number of nitrogens with one attached hydrogen (secondary N) is 2. The molecule has 1 fully saturated rings. The molecule has 1 amide bonds. The van der Waals surface area contributed by atoms with Crippen LogP contribution in [0.15, 0.2) is 54.7 Å². The van der Waals surface area contributed by atoms with E-state index in [1.807, 2.05) is 51.2 Å². The molecule has 2 N–H and O–H groups in total. The first kappa shape index (κ1) is 21.4. The number of H-pyrrole nitrogens is 1. The Morgan fingerprint density at radius 2 is 1.77 bits per heavy atom. The highest BCUT2D eigenvalue weighted by Gasteiger charge is 2.42. The standard InChI is InChI=1S/C25H30N2O4/c1-24(2)30-15-25(3,16-31-24)23(28)27-13-20(17-9-11-18(29-4)12-10-17)21-14-26-22-8-6-5-7-19(21)22/h5-12,14,20,26H,13,15-16H2,1-4H3,(H,27,28)/t20-/m0/s1. The number of amides is 1. The van der Waals surface area contributed by atoms with Crippen molar-refractivity contribution in [3.63, 3.8) is 0 Å². The SMILES string of the molecule is COc1ccc([C@H](CNC(=O)C2(C)COC(C)(C)OC2)c2c[nH]c3ccccc23)cc1. The number of benzene rings is 2. The summed E-state index contributed by atoms with van der Waals surface area (Å²) in [5.74, 6) is 0.0602. The van der Waals surface area contributed by atoms with Gasteiger partial charge < -0.3 is 24.5 Å². The number of aromatic nitrogens is 1. The molecule has 0 spiro atoms. The maximum absolute atomic E-state index is 13.1. The van der Waals surface area contributed by atoms with Crippen LogP contribution in [0, 0.1) is 5.41 Å². The van der Waals surface area contributed by atoms with Gasteiger partial charge in [-0.1, -0.05) is 30.3 Å². The van der Waals surface area contributed by atoms with Crippen LogP contribution in [0.3, 0.4) is 0 Å². The molecule has 6 heteroatoms. The van der Waals surface area contributed by atoms with E-state index in [1.165, 1.54) is 0 Å². The van der Waals surface area contributed by atoms with E-state index in [0.29, 0.717) is 19.8 Å². The largest absolute Gasteiger partial charge is 0.497 e. The van der Waals surface area contributed by atoms with Crippen LogP contribution in [0.1, 0.15) is 37.8 Å². The Bertz CT molecular complexity index is 1040. The van der Waals surface area contributed by atoms with E-state index >= 15 is 0 Å². The molecule has 0 radical (unpaired) electrons. The molecular weight excluding hydrogens is 392 g/mol. The fraction of sp³-hybridized carbons (Fsp3) is 0.400. The third kappa shape index (κ3) is 4.45. The van der Waals surface area contributed by atoms with E-state index in [9.17, 15) is 4.79 Å². The van der Waals surface area contributed by atoms with E-state index in [1.54, 1.807) is 7.11 Å². The first-order valence-electron chi connectivity index (χ1n) is 10.6. The number of aromatic amines is 1. The van der Waals surface area contributed by atoms with Crippen LogP contribution in [0.4, 0.5) is 0 Å². The van der Waals surface area contributed by atoms with Crippen LogP contribution in [0.5, 0.6) is 5.75 Å². The smallest absolute Gasteiger partial charge is 0.230 e. The van der Waals surface area contributed by atoms with Gasteiger partial charge in [-0.2, -0.15) is 0 Å². The molecular formula is C25H30N2O4. The second-order valence-electron chi connectivity index (χ2n) is 8.86. The van der Waals surface area contributed by atoms with Crippen molar-refractivity contribution < 1.29 is 19.0 Å². The van der Waals surface area contributed by atoms with Gasteiger partial charge in [-0.15, -0.1) is 0 Å². The lowest BCUT2D eigenvalue weighted by Gasteiger charge is -2.40. The molecule has 6 nitrogen and oxygen atoms in total. The third-order valence-electron chi connectivity index (χ3n) is 6.01. The summed E-state index contributed by atoms with van der Waals surface area (Å²) in [4.78, 5) is 16.5. The Hall–Kier alpha value is -2.83. The van der Waals surface area contributed by atoms with Gasteiger partial charge in [-0.3, -0.25) is 4.79 Å². The summed E-state index contributed by atoms with van der Waals surface area (Å²) in [5.41, 5.74) is 2.60. The molecule has 1 aromatic heterocycles. The molecule has 31 heavy (non-hydrogen) atoms. The normalized spacial score (nSPS) is 18.5. The van der Waals surface area contributed by atoms with Crippen LogP contribution in [0.2, 0.25) is 0 Å².